The summed E-state index contributed by atoms with van der Waals surface area (Å²) in [5, 5.41) is 29.7. The third kappa shape index (κ3) is 9.77. The van der Waals surface area contributed by atoms with Crippen LogP contribution in [0.3, 0.4) is 0 Å². The van der Waals surface area contributed by atoms with E-state index < -0.39 is 7.12 Å². The molecule has 0 atom stereocenters. The zero-order valence-electron chi connectivity index (χ0n) is 49.7. The van der Waals surface area contributed by atoms with Gasteiger partial charge in [0.05, 0.1) is 28.5 Å². The van der Waals surface area contributed by atoms with E-state index in [2.05, 4.69) is 255 Å². The molecule has 2 aliphatic rings. The molecule has 2 N–H and O–H groups in total. The van der Waals surface area contributed by atoms with Crippen molar-refractivity contribution in [2.24, 2.45) is 0 Å². The summed E-state index contributed by atoms with van der Waals surface area (Å²) < 4.78 is 0.829. The fraction of sp³-hybridized carbons (Fsp3) is 0. The van der Waals surface area contributed by atoms with Crippen molar-refractivity contribution in [1.29, 1.82) is 0 Å². The molecule has 0 unspecified atom stereocenters. The highest BCUT2D eigenvalue weighted by molar-refractivity contribution is 9.10. The molecule has 0 aliphatic heterocycles. The topological polar surface area (TPSA) is 92.0 Å². The zero-order valence-corrected chi connectivity index (χ0v) is 51.2. The molecule has 6 nitrogen and oxygen atoms in total. The number of fused-ring (bicyclic) bond motifs is 8. The Morgan fingerprint density at radius 3 is 0.989 bits per heavy atom. The molecule has 0 spiro atoms. The van der Waals surface area contributed by atoms with Gasteiger partial charge in [-0.2, -0.15) is 0 Å². The van der Waals surface area contributed by atoms with Crippen molar-refractivity contribution >= 4 is 71.6 Å². The predicted molar refractivity (Wildman–Crippen MR) is 385 cm³/mol. The van der Waals surface area contributed by atoms with Crippen LogP contribution in [0.1, 0.15) is 0 Å². The summed E-state index contributed by atoms with van der Waals surface area (Å²) in [5.41, 5.74) is 25.8. The number of benzene rings is 12. The van der Waals surface area contributed by atoms with Gasteiger partial charge in [-0.15, -0.1) is 0 Å². The fourth-order valence-electron chi connectivity index (χ4n) is 14.0. The number of pyridine rings is 4. The minimum Gasteiger partial charge on any atom is -0.423 e. The number of rotatable bonds is 8. The van der Waals surface area contributed by atoms with Gasteiger partial charge in [-0.3, -0.25) is 9.97 Å². The van der Waals surface area contributed by atoms with Crippen LogP contribution in [0.5, 0.6) is 0 Å². The van der Waals surface area contributed by atoms with Crippen LogP contribution >= 0.6 is 15.9 Å². The summed E-state index contributed by atoms with van der Waals surface area (Å²) in [7, 11) is -1.52. The molecule has 0 radical (unpaired) electrons. The highest BCUT2D eigenvalue weighted by Gasteiger charge is 2.34. The van der Waals surface area contributed by atoms with Crippen LogP contribution in [0.2, 0.25) is 0 Å². The fourth-order valence-corrected chi connectivity index (χ4v) is 14.3. The van der Waals surface area contributed by atoms with Crippen LogP contribution in [0.4, 0.5) is 0 Å². The van der Waals surface area contributed by atoms with Gasteiger partial charge in [0.15, 0.2) is 0 Å². The van der Waals surface area contributed by atoms with Gasteiger partial charge in [-0.1, -0.05) is 255 Å². The molecule has 2 aliphatic carbocycles. The van der Waals surface area contributed by atoms with Gasteiger partial charge in [-0.25, -0.2) is 9.97 Å². The van der Waals surface area contributed by atoms with Gasteiger partial charge in [0.2, 0.25) is 0 Å². The number of hydrogen-bond donors (Lipinski definition) is 2. The Morgan fingerprint density at radius 1 is 0.239 bits per heavy atom. The van der Waals surface area contributed by atoms with E-state index in [1.165, 1.54) is 110 Å². The van der Waals surface area contributed by atoms with E-state index in [-0.39, 0.29) is 0 Å². The van der Waals surface area contributed by atoms with Gasteiger partial charge >= 0.3 is 7.12 Å². The molecule has 8 heteroatoms. The average Bonchev–Trinajstić information content (AvgIpc) is 1.53. The van der Waals surface area contributed by atoms with E-state index in [1.807, 2.05) is 85.1 Å². The molecular formula is C84H54BBrN4O2. The first kappa shape index (κ1) is 56.0. The molecule has 432 valence electrons. The van der Waals surface area contributed by atoms with E-state index in [0.29, 0.717) is 5.46 Å². The Hall–Kier alpha value is -11.3. The molecule has 0 fully saturated rings. The van der Waals surface area contributed by atoms with Gasteiger partial charge < -0.3 is 10.0 Å². The molecule has 18 rings (SSSR count). The van der Waals surface area contributed by atoms with E-state index in [1.54, 1.807) is 6.20 Å². The van der Waals surface area contributed by atoms with Gasteiger partial charge in [0, 0.05) is 18.0 Å². The van der Waals surface area contributed by atoms with Crippen LogP contribution in [0.25, 0.3) is 166 Å². The third-order valence-corrected chi connectivity index (χ3v) is 18.2. The van der Waals surface area contributed by atoms with E-state index in [0.717, 1.165) is 60.5 Å². The van der Waals surface area contributed by atoms with Crippen LogP contribution < -0.4 is 5.46 Å². The normalized spacial score (nSPS) is 11.4. The van der Waals surface area contributed by atoms with Crippen molar-refractivity contribution < 1.29 is 10.0 Å². The maximum absolute atomic E-state index is 10.1. The van der Waals surface area contributed by atoms with Crippen molar-refractivity contribution in [1.82, 2.24) is 19.9 Å². The number of hydrogen-bond acceptors (Lipinski definition) is 6. The molecule has 92 heavy (non-hydrogen) atoms. The van der Waals surface area contributed by atoms with Crippen LogP contribution in [0.15, 0.2) is 320 Å². The first-order chi connectivity index (χ1) is 45.5. The van der Waals surface area contributed by atoms with Crippen molar-refractivity contribution in [2.45, 2.75) is 0 Å². The van der Waals surface area contributed by atoms with Crippen molar-refractivity contribution in [3.8, 4) is 123 Å². The Kier molecular flexibility index (Phi) is 14.6. The second-order valence-electron chi connectivity index (χ2n) is 22.9. The Balaban J connectivity index is 0.000000125. The standard InChI is InChI=1S/C42H26N2.C32H21BO2.C10H7BrN2/c1-3-13-27(14-4-1)38-31-17-7-8-18-32(31)39(28-15-5-2-6-16-28)42-34-25-24-29(30-19-11-20-33(40(30)34)41(38)42)35-22-12-23-37(44-35)36-21-9-10-26-43-36;34-33(35)27-19-18-26-30-24(27)16-9-17-25(30)31-28(20-10-3-1-4-11-20)22-14-7-8-15-23(22)29(32(26)31)21-12-5-2-6-13-21;11-10-6-3-5-9(13-10)8-4-1-2-7-12-8/h1-26H;1-19,34-35H;1-7H. The molecule has 0 saturated heterocycles. The van der Waals surface area contributed by atoms with Gasteiger partial charge in [0.1, 0.15) is 4.60 Å². The second-order valence-corrected chi connectivity index (χ2v) is 23.7. The van der Waals surface area contributed by atoms with Gasteiger partial charge in [0.25, 0.3) is 0 Å². The minimum atomic E-state index is -1.52. The molecule has 12 aromatic carbocycles. The summed E-state index contributed by atoms with van der Waals surface area (Å²) >= 11 is 3.32. The highest BCUT2D eigenvalue weighted by atomic mass is 79.9. The molecule has 0 amide bonds. The smallest absolute Gasteiger partial charge is 0.423 e. The van der Waals surface area contributed by atoms with Crippen molar-refractivity contribution in [3.63, 3.8) is 0 Å². The molecule has 4 heterocycles. The average molecular weight is 1240 g/mol. The van der Waals surface area contributed by atoms with Crippen LogP contribution in [-0.2, 0) is 0 Å². The maximum Gasteiger partial charge on any atom is 0.489 e. The minimum absolute atomic E-state index is 0.533. The maximum atomic E-state index is 10.1. The molecule has 4 aromatic heterocycles. The molecule has 16 aromatic rings. The number of halogens is 1. The zero-order chi connectivity index (χ0) is 61.7. The van der Waals surface area contributed by atoms with Crippen LogP contribution in [0, 0.1) is 0 Å². The lowest BCUT2D eigenvalue weighted by atomic mass is 9.76. The quantitative estimate of drug-likeness (QED) is 0.116. The molecule has 0 saturated carbocycles. The summed E-state index contributed by atoms with van der Waals surface area (Å²) in [6.45, 7) is 0. The summed E-state index contributed by atoms with van der Waals surface area (Å²) in [6, 6.07) is 106. The third-order valence-electron chi connectivity index (χ3n) is 17.7. The first-order valence-electron chi connectivity index (χ1n) is 30.8. The largest absolute Gasteiger partial charge is 0.489 e. The lowest BCUT2D eigenvalue weighted by molar-refractivity contribution is 0.426. The second kappa shape index (κ2) is 23.9. The summed E-state index contributed by atoms with van der Waals surface area (Å²) in [6.07, 6.45) is 3.58. The highest BCUT2D eigenvalue weighted by Crippen LogP contribution is 2.60. The Bertz CT molecular complexity index is 5300. The number of nitrogens with zero attached hydrogens (tertiary/aromatic N) is 4. The Labute approximate surface area is 541 Å². The first-order valence-corrected chi connectivity index (χ1v) is 31.6. The lowest BCUT2D eigenvalue weighted by Crippen LogP contribution is -2.30. The summed E-state index contributed by atoms with van der Waals surface area (Å²) in [5.74, 6) is 0. The lowest BCUT2D eigenvalue weighted by Gasteiger charge is -2.20. The Morgan fingerprint density at radius 2 is 0.565 bits per heavy atom. The monoisotopic (exact) mass is 1240 g/mol. The van der Waals surface area contributed by atoms with Crippen molar-refractivity contribution in [2.75, 3.05) is 0 Å². The SMILES string of the molecule is Brc1cccc(-c2ccccn2)n1.OB(O)c1ccc2c3c(cccc13)-c1c-2c(-c2ccccc2)c2ccccc2c1-c1ccccc1.c1ccc(-c2c3c(c(-c4ccccc4)c4ccccc24)-c2ccc(-c4cccc(-c5ccccn5)n4)c4cccc-3c24)cc1. The number of aromatic nitrogens is 4. The van der Waals surface area contributed by atoms with Crippen LogP contribution in [-0.4, -0.2) is 37.1 Å². The van der Waals surface area contributed by atoms with E-state index >= 15 is 0 Å². The predicted octanol–water partition coefficient (Wildman–Crippen LogP) is 20.7. The molecular weight excluding hydrogens is 1190 g/mol. The van der Waals surface area contributed by atoms with E-state index in [9.17, 15) is 10.0 Å². The molecule has 0 bridgehead atoms. The van der Waals surface area contributed by atoms with Crippen molar-refractivity contribution in [3.05, 3.63) is 320 Å². The van der Waals surface area contributed by atoms with E-state index in [4.69, 9.17) is 4.98 Å². The summed E-state index contributed by atoms with van der Waals surface area (Å²) in [4.78, 5) is 18.2. The van der Waals surface area contributed by atoms with Gasteiger partial charge in [-0.05, 0) is 202 Å².